The molecule has 2 aromatic carbocycles. The summed E-state index contributed by atoms with van der Waals surface area (Å²) in [7, 11) is 4.59. The van der Waals surface area contributed by atoms with Crippen molar-refractivity contribution in [2.24, 2.45) is 0 Å². The molecule has 1 N–H and O–H groups in total. The van der Waals surface area contributed by atoms with E-state index in [0.717, 1.165) is 0 Å². The highest BCUT2D eigenvalue weighted by molar-refractivity contribution is 6.09. The largest absolute Gasteiger partial charge is 0.497 e. The summed E-state index contributed by atoms with van der Waals surface area (Å²) in [6, 6.07) is 13.9. The van der Waals surface area contributed by atoms with Gasteiger partial charge in [0, 0.05) is 17.3 Å². The smallest absolute Gasteiger partial charge is 0.266 e. The van der Waals surface area contributed by atoms with Crippen LogP contribution in [0.15, 0.2) is 48.0 Å². The number of nitrogens with one attached hydrogen (secondary N) is 1. The number of carbonyl (C=O) groups is 1. The van der Waals surface area contributed by atoms with Crippen LogP contribution in [0, 0.1) is 11.3 Å². The number of nitrogens with zero attached hydrogens (tertiary/aromatic N) is 1. The Morgan fingerprint density at radius 1 is 1.04 bits per heavy atom. The van der Waals surface area contributed by atoms with Gasteiger partial charge in [-0.2, -0.15) is 5.26 Å². The van der Waals surface area contributed by atoms with Gasteiger partial charge in [0.15, 0.2) is 0 Å². The van der Waals surface area contributed by atoms with E-state index < -0.39 is 5.91 Å². The minimum atomic E-state index is -0.527. The first kappa shape index (κ1) is 17.9. The van der Waals surface area contributed by atoms with Crippen molar-refractivity contribution >= 4 is 17.7 Å². The summed E-state index contributed by atoms with van der Waals surface area (Å²) >= 11 is 0. The maximum atomic E-state index is 12.4. The first-order valence-electron chi connectivity index (χ1n) is 7.40. The lowest BCUT2D eigenvalue weighted by molar-refractivity contribution is -0.112. The summed E-state index contributed by atoms with van der Waals surface area (Å²) in [5, 5.41) is 12.0. The quantitative estimate of drug-likeness (QED) is 0.646. The van der Waals surface area contributed by atoms with Crippen LogP contribution < -0.4 is 19.5 Å². The maximum Gasteiger partial charge on any atom is 0.266 e. The second kappa shape index (κ2) is 8.41. The van der Waals surface area contributed by atoms with Crippen LogP contribution in [0.4, 0.5) is 5.69 Å². The zero-order valence-electron chi connectivity index (χ0n) is 14.2. The van der Waals surface area contributed by atoms with E-state index >= 15 is 0 Å². The molecule has 0 spiro atoms. The van der Waals surface area contributed by atoms with E-state index in [1.165, 1.54) is 27.4 Å². The molecule has 0 saturated heterocycles. The highest BCUT2D eigenvalue weighted by atomic mass is 16.5. The molecule has 0 aromatic heterocycles. The molecule has 0 bridgehead atoms. The fourth-order valence-electron chi connectivity index (χ4n) is 2.16. The van der Waals surface area contributed by atoms with Crippen LogP contribution in [0.25, 0.3) is 6.08 Å². The number of carbonyl (C=O) groups excluding carboxylic acids is 1. The van der Waals surface area contributed by atoms with E-state index in [1.54, 1.807) is 42.5 Å². The third kappa shape index (κ3) is 4.52. The monoisotopic (exact) mass is 338 g/mol. The van der Waals surface area contributed by atoms with Gasteiger partial charge in [-0.3, -0.25) is 4.79 Å². The molecule has 0 aliphatic heterocycles. The number of methoxy groups -OCH3 is 3. The Kier molecular flexibility index (Phi) is 6.02. The van der Waals surface area contributed by atoms with Gasteiger partial charge in [0.25, 0.3) is 5.91 Å². The predicted molar refractivity (Wildman–Crippen MR) is 94.8 cm³/mol. The molecule has 6 nitrogen and oxygen atoms in total. The fourth-order valence-corrected chi connectivity index (χ4v) is 2.16. The summed E-state index contributed by atoms with van der Waals surface area (Å²) in [6.07, 6.45) is 1.46. The number of amides is 1. The molecule has 0 aliphatic rings. The van der Waals surface area contributed by atoms with Gasteiger partial charge in [-0.1, -0.05) is 6.07 Å². The molecular formula is C19H18N2O4. The van der Waals surface area contributed by atoms with E-state index in [2.05, 4.69) is 5.32 Å². The number of rotatable bonds is 6. The van der Waals surface area contributed by atoms with Gasteiger partial charge in [0.05, 0.1) is 21.3 Å². The van der Waals surface area contributed by atoms with Crippen molar-refractivity contribution < 1.29 is 19.0 Å². The van der Waals surface area contributed by atoms with E-state index in [4.69, 9.17) is 14.2 Å². The van der Waals surface area contributed by atoms with E-state index in [1.807, 2.05) is 6.07 Å². The third-order valence-electron chi connectivity index (χ3n) is 3.43. The summed E-state index contributed by atoms with van der Waals surface area (Å²) < 4.78 is 15.5. The van der Waals surface area contributed by atoms with Gasteiger partial charge in [-0.05, 0) is 36.4 Å². The minimum absolute atomic E-state index is 0.0608. The zero-order valence-corrected chi connectivity index (χ0v) is 14.2. The lowest BCUT2D eigenvalue weighted by atomic mass is 10.1. The molecule has 25 heavy (non-hydrogen) atoms. The van der Waals surface area contributed by atoms with Crippen LogP contribution in [0.5, 0.6) is 17.2 Å². The summed E-state index contributed by atoms with van der Waals surface area (Å²) in [4.78, 5) is 12.4. The molecule has 2 rings (SSSR count). The molecule has 0 atom stereocenters. The number of benzene rings is 2. The van der Waals surface area contributed by atoms with Gasteiger partial charge >= 0.3 is 0 Å². The molecule has 0 aliphatic carbocycles. The first-order valence-corrected chi connectivity index (χ1v) is 7.40. The van der Waals surface area contributed by atoms with Crippen LogP contribution in [0.2, 0.25) is 0 Å². The Labute approximate surface area is 146 Å². The van der Waals surface area contributed by atoms with Gasteiger partial charge in [0.1, 0.15) is 28.9 Å². The molecule has 2 aromatic rings. The van der Waals surface area contributed by atoms with Crippen LogP contribution >= 0.6 is 0 Å². The normalized spacial score (nSPS) is 10.6. The highest BCUT2D eigenvalue weighted by Gasteiger charge is 2.12. The van der Waals surface area contributed by atoms with Gasteiger partial charge < -0.3 is 19.5 Å². The summed E-state index contributed by atoms with van der Waals surface area (Å²) in [5.41, 5.74) is 1.04. The van der Waals surface area contributed by atoms with E-state index in [-0.39, 0.29) is 5.57 Å². The minimum Gasteiger partial charge on any atom is -0.497 e. The Bertz CT molecular complexity index is 838. The van der Waals surface area contributed by atoms with Crippen LogP contribution in [0.3, 0.4) is 0 Å². The van der Waals surface area contributed by atoms with Crippen molar-refractivity contribution in [1.82, 2.24) is 0 Å². The fraction of sp³-hybridized carbons (Fsp3) is 0.158. The number of nitriles is 1. The van der Waals surface area contributed by atoms with Gasteiger partial charge in [-0.25, -0.2) is 0 Å². The summed E-state index contributed by atoms with van der Waals surface area (Å²) in [6.45, 7) is 0. The zero-order chi connectivity index (χ0) is 18.2. The topological polar surface area (TPSA) is 80.6 Å². The van der Waals surface area contributed by atoms with Crippen molar-refractivity contribution in [3.05, 3.63) is 53.6 Å². The summed E-state index contributed by atoms with van der Waals surface area (Å²) in [5.74, 6) is 1.20. The Morgan fingerprint density at radius 3 is 2.40 bits per heavy atom. The Balaban J connectivity index is 2.30. The van der Waals surface area contributed by atoms with E-state index in [0.29, 0.717) is 28.5 Å². The van der Waals surface area contributed by atoms with E-state index in [9.17, 15) is 10.1 Å². The average Bonchev–Trinajstić information content (AvgIpc) is 2.65. The molecule has 6 heteroatoms. The first-order chi connectivity index (χ1) is 12.1. The molecule has 1 amide bonds. The average molecular weight is 338 g/mol. The molecule has 128 valence electrons. The van der Waals surface area contributed by atoms with Crippen molar-refractivity contribution in [3.8, 4) is 23.3 Å². The Morgan fingerprint density at radius 2 is 1.76 bits per heavy atom. The molecule has 0 saturated carbocycles. The molecule has 0 fully saturated rings. The number of ether oxygens (including phenoxy) is 3. The van der Waals surface area contributed by atoms with Gasteiger partial charge in [-0.15, -0.1) is 0 Å². The number of hydrogen-bond acceptors (Lipinski definition) is 5. The lowest BCUT2D eigenvalue weighted by Crippen LogP contribution is -2.13. The Hall–Kier alpha value is -3.46. The number of hydrogen-bond donors (Lipinski definition) is 1. The van der Waals surface area contributed by atoms with Crippen molar-refractivity contribution in [2.45, 2.75) is 0 Å². The van der Waals surface area contributed by atoms with Crippen LogP contribution in [0.1, 0.15) is 5.56 Å². The molecule has 0 heterocycles. The number of anilines is 1. The van der Waals surface area contributed by atoms with Gasteiger partial charge in [0.2, 0.25) is 0 Å². The SMILES string of the molecule is COc1cccc(NC(=O)C(C#N)=Cc2cc(OC)ccc2OC)c1. The second-order valence-electron chi connectivity index (χ2n) is 4.96. The third-order valence-corrected chi connectivity index (χ3v) is 3.43. The highest BCUT2D eigenvalue weighted by Crippen LogP contribution is 2.26. The molecular weight excluding hydrogens is 320 g/mol. The lowest BCUT2D eigenvalue weighted by Gasteiger charge is -2.09. The van der Waals surface area contributed by atoms with Crippen molar-refractivity contribution in [1.29, 1.82) is 5.26 Å². The van der Waals surface area contributed by atoms with Crippen molar-refractivity contribution in [2.75, 3.05) is 26.6 Å². The van der Waals surface area contributed by atoms with Crippen LogP contribution in [-0.4, -0.2) is 27.2 Å². The van der Waals surface area contributed by atoms with Crippen LogP contribution in [-0.2, 0) is 4.79 Å². The standard InChI is InChI=1S/C19H18N2O4/c1-23-16-6-4-5-15(11-16)21-19(22)14(12-20)9-13-10-17(24-2)7-8-18(13)25-3/h4-11H,1-3H3,(H,21,22). The second-order valence-corrected chi connectivity index (χ2v) is 4.96. The van der Waals surface area contributed by atoms with Crippen molar-refractivity contribution in [3.63, 3.8) is 0 Å². The molecule has 0 unspecified atom stereocenters. The molecule has 0 radical (unpaired) electrons. The maximum absolute atomic E-state index is 12.4. The predicted octanol–water partition coefficient (Wildman–Crippen LogP) is 3.26.